The van der Waals surface area contributed by atoms with Gasteiger partial charge in [-0.3, -0.25) is 4.79 Å². The molecule has 0 atom stereocenters. The second-order valence-electron chi connectivity index (χ2n) is 6.74. The molecule has 0 aliphatic carbocycles. The first-order chi connectivity index (χ1) is 12.6. The van der Waals surface area contributed by atoms with Crippen LogP contribution in [0.5, 0.6) is 0 Å². The minimum absolute atomic E-state index is 0.138. The predicted molar refractivity (Wildman–Crippen MR) is 109 cm³/mol. The molecular weight excluding hydrogens is 342 g/mol. The summed E-state index contributed by atoms with van der Waals surface area (Å²) in [5.41, 5.74) is 4.88. The van der Waals surface area contributed by atoms with Crippen molar-refractivity contribution in [2.75, 3.05) is 25.5 Å². The third kappa shape index (κ3) is 3.40. The minimum Gasteiger partial charge on any atom is -0.378 e. The van der Waals surface area contributed by atoms with Gasteiger partial charge in [-0.1, -0.05) is 36.4 Å². The van der Waals surface area contributed by atoms with Gasteiger partial charge in [-0.15, -0.1) is 0 Å². The predicted octanol–water partition coefficient (Wildman–Crippen LogP) is 3.78. The molecule has 1 amide bonds. The van der Waals surface area contributed by atoms with Gasteiger partial charge < -0.3 is 9.80 Å². The topological polar surface area (TPSA) is 35.9 Å². The highest BCUT2D eigenvalue weighted by Crippen LogP contribution is 2.32. The van der Waals surface area contributed by atoms with Crippen LogP contribution in [0.15, 0.2) is 58.4 Å². The van der Waals surface area contributed by atoms with Crippen molar-refractivity contribution in [1.29, 1.82) is 0 Å². The van der Waals surface area contributed by atoms with Crippen molar-refractivity contribution in [2.45, 2.75) is 13.0 Å². The fraction of sp³-hybridized carbons (Fsp3) is 0.238. The van der Waals surface area contributed by atoms with Crippen molar-refractivity contribution in [3.05, 3.63) is 70.1 Å². The lowest BCUT2D eigenvalue weighted by atomic mass is 10.0. The van der Waals surface area contributed by atoms with E-state index in [1.807, 2.05) is 32.3 Å². The zero-order chi connectivity index (χ0) is 18.1. The van der Waals surface area contributed by atoms with Crippen LogP contribution >= 0.6 is 11.8 Å². The molecule has 5 heteroatoms. The van der Waals surface area contributed by atoms with Crippen LogP contribution in [0.25, 0.3) is 6.08 Å². The molecule has 2 aliphatic heterocycles. The van der Waals surface area contributed by atoms with E-state index in [1.54, 1.807) is 0 Å². The first kappa shape index (κ1) is 16.9. The molecule has 0 radical (unpaired) electrons. The van der Waals surface area contributed by atoms with E-state index in [0.717, 1.165) is 35.9 Å². The normalized spacial score (nSPS) is 18.1. The van der Waals surface area contributed by atoms with Crippen molar-refractivity contribution < 1.29 is 4.79 Å². The van der Waals surface area contributed by atoms with E-state index in [9.17, 15) is 4.79 Å². The number of hydrogen-bond acceptors (Lipinski definition) is 4. The molecule has 0 unspecified atom stereocenters. The number of benzene rings is 2. The highest BCUT2D eigenvalue weighted by Gasteiger charge is 2.28. The van der Waals surface area contributed by atoms with Gasteiger partial charge in [0.2, 0.25) is 0 Å². The third-order valence-electron chi connectivity index (χ3n) is 4.72. The first-order valence-corrected chi connectivity index (χ1v) is 9.53. The third-order valence-corrected chi connectivity index (χ3v) is 5.76. The largest absolute Gasteiger partial charge is 0.378 e. The molecule has 0 aromatic heterocycles. The molecule has 2 aromatic rings. The number of aliphatic imine (C=N–C) groups is 1. The van der Waals surface area contributed by atoms with Crippen LogP contribution in [0.1, 0.15) is 16.7 Å². The standard InChI is InChI=1S/C21H21N3OS/c1-23(2)18-9-7-15(8-10-18)13-19-20(25)22-21(26-19)24-12-11-16-5-3-4-6-17(16)14-24/h3-10,13H,11-12,14H2,1-2H3. The average Bonchev–Trinajstić information content (AvgIpc) is 3.02. The van der Waals surface area contributed by atoms with Gasteiger partial charge in [-0.25, -0.2) is 0 Å². The smallest absolute Gasteiger partial charge is 0.286 e. The van der Waals surface area contributed by atoms with Crippen LogP contribution in [-0.2, 0) is 17.8 Å². The summed E-state index contributed by atoms with van der Waals surface area (Å²) in [6.45, 7) is 1.72. The fourth-order valence-electron chi connectivity index (χ4n) is 3.21. The zero-order valence-electron chi connectivity index (χ0n) is 15.0. The summed E-state index contributed by atoms with van der Waals surface area (Å²) in [6, 6.07) is 16.7. The van der Waals surface area contributed by atoms with Gasteiger partial charge >= 0.3 is 0 Å². The molecule has 4 rings (SSSR count). The van der Waals surface area contributed by atoms with Gasteiger partial charge in [0.15, 0.2) is 5.17 Å². The fourth-order valence-corrected chi connectivity index (χ4v) is 4.15. The Balaban J connectivity index is 1.49. The molecule has 0 saturated heterocycles. The van der Waals surface area contributed by atoms with E-state index < -0.39 is 0 Å². The lowest BCUT2D eigenvalue weighted by molar-refractivity contribution is -0.113. The summed E-state index contributed by atoms with van der Waals surface area (Å²) >= 11 is 1.48. The van der Waals surface area contributed by atoms with Crippen molar-refractivity contribution in [2.24, 2.45) is 4.99 Å². The molecule has 2 aromatic carbocycles. The molecular formula is C21H21N3OS. The molecule has 0 bridgehead atoms. The number of amides is 1. The summed E-state index contributed by atoms with van der Waals surface area (Å²) in [4.78, 5) is 21.6. The van der Waals surface area contributed by atoms with Gasteiger partial charge in [0, 0.05) is 32.9 Å². The van der Waals surface area contributed by atoms with E-state index in [4.69, 9.17) is 0 Å². The van der Waals surface area contributed by atoms with Gasteiger partial charge in [0.1, 0.15) is 0 Å². The van der Waals surface area contributed by atoms with Gasteiger partial charge in [-0.05, 0) is 53.1 Å². The van der Waals surface area contributed by atoms with Crippen molar-refractivity contribution in [3.8, 4) is 0 Å². The van der Waals surface area contributed by atoms with E-state index in [-0.39, 0.29) is 5.91 Å². The summed E-state index contributed by atoms with van der Waals surface area (Å²) in [6.07, 6.45) is 2.93. The Labute approximate surface area is 158 Å². The number of nitrogens with zero attached hydrogens (tertiary/aromatic N) is 3. The SMILES string of the molecule is CN(C)c1ccc(C=C2SC(N3CCc4ccccc4C3)=NC2=O)cc1. The maximum absolute atomic E-state index is 12.3. The minimum atomic E-state index is -0.138. The molecule has 0 fully saturated rings. The van der Waals surface area contributed by atoms with Crippen LogP contribution < -0.4 is 4.90 Å². The second-order valence-corrected chi connectivity index (χ2v) is 7.75. The molecule has 4 nitrogen and oxygen atoms in total. The molecule has 0 spiro atoms. The van der Waals surface area contributed by atoms with Gasteiger partial charge in [0.25, 0.3) is 5.91 Å². The van der Waals surface area contributed by atoms with E-state index in [1.165, 1.54) is 22.9 Å². The number of carbonyl (C=O) groups is 1. The summed E-state index contributed by atoms with van der Waals surface area (Å²) < 4.78 is 0. The van der Waals surface area contributed by atoms with E-state index >= 15 is 0 Å². The molecule has 0 N–H and O–H groups in total. The Morgan fingerprint density at radius 1 is 1.08 bits per heavy atom. The number of thioether (sulfide) groups is 1. The molecule has 0 saturated carbocycles. The van der Waals surface area contributed by atoms with Crippen LogP contribution in [0.3, 0.4) is 0 Å². The molecule has 132 valence electrons. The number of rotatable bonds is 2. The monoisotopic (exact) mass is 363 g/mol. The summed E-state index contributed by atoms with van der Waals surface area (Å²) in [5.74, 6) is -0.138. The van der Waals surface area contributed by atoms with E-state index in [0.29, 0.717) is 4.91 Å². The Bertz CT molecular complexity index is 900. The Morgan fingerprint density at radius 2 is 1.81 bits per heavy atom. The number of carbonyl (C=O) groups excluding carboxylic acids is 1. The number of fused-ring (bicyclic) bond motifs is 1. The maximum atomic E-state index is 12.3. The van der Waals surface area contributed by atoms with Crippen molar-refractivity contribution in [1.82, 2.24) is 4.90 Å². The number of amidine groups is 1. The molecule has 2 heterocycles. The van der Waals surface area contributed by atoms with Crippen LogP contribution in [0.2, 0.25) is 0 Å². The maximum Gasteiger partial charge on any atom is 0.286 e. The summed E-state index contributed by atoms with van der Waals surface area (Å²) in [7, 11) is 4.03. The summed E-state index contributed by atoms with van der Waals surface area (Å²) in [5, 5.41) is 0.820. The Morgan fingerprint density at radius 3 is 2.54 bits per heavy atom. The van der Waals surface area contributed by atoms with Gasteiger partial charge in [0.05, 0.1) is 4.91 Å². The lowest BCUT2D eigenvalue weighted by Crippen LogP contribution is -2.33. The lowest BCUT2D eigenvalue weighted by Gasteiger charge is -2.29. The molecule has 2 aliphatic rings. The van der Waals surface area contributed by atoms with Crippen LogP contribution in [-0.4, -0.2) is 36.6 Å². The average molecular weight is 363 g/mol. The van der Waals surface area contributed by atoms with Crippen molar-refractivity contribution in [3.63, 3.8) is 0 Å². The van der Waals surface area contributed by atoms with Crippen molar-refractivity contribution >= 4 is 34.6 Å². The highest BCUT2D eigenvalue weighted by atomic mass is 32.2. The highest BCUT2D eigenvalue weighted by molar-refractivity contribution is 8.18. The number of anilines is 1. The molecule has 26 heavy (non-hydrogen) atoms. The Hall–Kier alpha value is -2.53. The quantitative estimate of drug-likeness (QED) is 0.761. The van der Waals surface area contributed by atoms with E-state index in [2.05, 4.69) is 51.2 Å². The zero-order valence-corrected chi connectivity index (χ0v) is 15.8. The second kappa shape index (κ2) is 7.00. The van der Waals surface area contributed by atoms with Crippen LogP contribution in [0.4, 0.5) is 5.69 Å². The number of hydrogen-bond donors (Lipinski definition) is 0. The Kier molecular flexibility index (Phi) is 4.55. The van der Waals surface area contributed by atoms with Gasteiger partial charge in [-0.2, -0.15) is 4.99 Å². The van der Waals surface area contributed by atoms with Crippen LogP contribution in [0, 0.1) is 0 Å². The first-order valence-electron chi connectivity index (χ1n) is 8.72.